The van der Waals surface area contributed by atoms with Crippen LogP contribution >= 0.6 is 15.9 Å². The van der Waals surface area contributed by atoms with E-state index in [4.69, 9.17) is 4.74 Å². The molecule has 0 atom stereocenters. The fraction of sp³-hybridized carbons (Fsp3) is 0.250. The second-order valence-electron chi connectivity index (χ2n) is 4.64. The van der Waals surface area contributed by atoms with Crippen molar-refractivity contribution in [1.82, 2.24) is 0 Å². The first-order valence-electron chi connectivity index (χ1n) is 6.68. The van der Waals surface area contributed by atoms with Gasteiger partial charge in [0.05, 0.1) is 4.92 Å². The van der Waals surface area contributed by atoms with Gasteiger partial charge in [0.15, 0.2) is 0 Å². The van der Waals surface area contributed by atoms with E-state index in [0.29, 0.717) is 17.7 Å². The molecule has 2 aromatic rings. The third-order valence-electron chi connectivity index (χ3n) is 3.22. The zero-order valence-electron chi connectivity index (χ0n) is 11.7. The van der Waals surface area contributed by atoms with Crippen molar-refractivity contribution in [3.8, 4) is 5.75 Å². The predicted octanol–water partition coefficient (Wildman–Crippen LogP) is 4.63. The molecule has 0 aliphatic rings. The summed E-state index contributed by atoms with van der Waals surface area (Å²) in [4.78, 5) is 10.4. The number of benzene rings is 2. The van der Waals surface area contributed by atoms with Gasteiger partial charge < -0.3 is 4.74 Å². The van der Waals surface area contributed by atoms with Crippen LogP contribution in [0.1, 0.15) is 23.6 Å². The maximum atomic E-state index is 10.8. The van der Waals surface area contributed by atoms with E-state index in [9.17, 15) is 10.1 Å². The van der Waals surface area contributed by atoms with E-state index in [-0.39, 0.29) is 5.69 Å². The Kier molecular flexibility index (Phi) is 5.33. The SMILES string of the molecule is CCc1ccc(COc2ccc([N+](=O)[O-])cc2CBr)cc1. The Labute approximate surface area is 132 Å². The molecule has 0 fully saturated rings. The van der Waals surface area contributed by atoms with Crippen LogP contribution in [0.15, 0.2) is 42.5 Å². The van der Waals surface area contributed by atoms with E-state index in [1.54, 1.807) is 6.07 Å². The molecule has 0 aliphatic heterocycles. The van der Waals surface area contributed by atoms with Gasteiger partial charge in [-0.15, -0.1) is 0 Å². The van der Waals surface area contributed by atoms with Crippen molar-refractivity contribution in [2.24, 2.45) is 0 Å². The van der Waals surface area contributed by atoms with Crippen LogP contribution in [0.4, 0.5) is 5.69 Å². The van der Waals surface area contributed by atoms with Crippen LogP contribution < -0.4 is 4.74 Å². The summed E-state index contributed by atoms with van der Waals surface area (Å²) >= 11 is 3.33. The molecule has 0 radical (unpaired) electrons. The maximum absolute atomic E-state index is 10.8. The summed E-state index contributed by atoms with van der Waals surface area (Å²) < 4.78 is 5.77. The lowest BCUT2D eigenvalue weighted by Gasteiger charge is -2.10. The zero-order valence-corrected chi connectivity index (χ0v) is 13.3. The largest absolute Gasteiger partial charge is 0.489 e. The summed E-state index contributed by atoms with van der Waals surface area (Å²) in [6.07, 6.45) is 1.01. The minimum absolute atomic E-state index is 0.0732. The van der Waals surface area contributed by atoms with E-state index in [0.717, 1.165) is 17.5 Å². The molecular weight excluding hydrogens is 334 g/mol. The predicted molar refractivity (Wildman–Crippen MR) is 85.9 cm³/mol. The standard InChI is InChI=1S/C16H16BrNO3/c1-2-12-3-5-13(6-4-12)11-21-16-8-7-15(18(19)20)9-14(16)10-17/h3-9H,2,10-11H2,1H3. The summed E-state index contributed by atoms with van der Waals surface area (Å²) in [5, 5.41) is 11.3. The molecule has 5 heteroatoms. The number of non-ortho nitro benzene ring substituents is 1. The molecule has 2 aromatic carbocycles. The third kappa shape index (κ3) is 4.04. The Morgan fingerprint density at radius 1 is 1.14 bits per heavy atom. The van der Waals surface area contributed by atoms with Gasteiger partial charge in [-0.1, -0.05) is 47.1 Å². The number of hydrogen-bond donors (Lipinski definition) is 0. The molecule has 0 amide bonds. The normalized spacial score (nSPS) is 10.4. The minimum Gasteiger partial charge on any atom is -0.489 e. The molecule has 0 saturated carbocycles. The van der Waals surface area contributed by atoms with Gasteiger partial charge in [-0.3, -0.25) is 10.1 Å². The van der Waals surface area contributed by atoms with Crippen molar-refractivity contribution in [2.75, 3.05) is 0 Å². The first-order valence-corrected chi connectivity index (χ1v) is 7.80. The first kappa shape index (κ1) is 15.5. The highest BCUT2D eigenvalue weighted by Crippen LogP contribution is 2.27. The van der Waals surface area contributed by atoms with Crippen LogP contribution in [0, 0.1) is 10.1 Å². The molecule has 0 unspecified atom stereocenters. The van der Waals surface area contributed by atoms with Gasteiger partial charge in [0.1, 0.15) is 12.4 Å². The number of aryl methyl sites for hydroxylation is 1. The van der Waals surface area contributed by atoms with Crippen LogP contribution in [0.3, 0.4) is 0 Å². The van der Waals surface area contributed by atoms with Crippen LogP contribution in [-0.2, 0) is 18.4 Å². The van der Waals surface area contributed by atoms with Crippen LogP contribution in [0.25, 0.3) is 0 Å². The molecule has 110 valence electrons. The molecule has 0 spiro atoms. The molecule has 0 N–H and O–H groups in total. The Balaban J connectivity index is 2.09. The Bertz CT molecular complexity index is 626. The number of rotatable bonds is 6. The summed E-state index contributed by atoms with van der Waals surface area (Å²) in [5.41, 5.74) is 3.21. The minimum atomic E-state index is -0.403. The maximum Gasteiger partial charge on any atom is 0.270 e. The number of hydrogen-bond acceptors (Lipinski definition) is 3. The highest BCUT2D eigenvalue weighted by atomic mass is 79.9. The van der Waals surface area contributed by atoms with Crippen molar-refractivity contribution >= 4 is 21.6 Å². The van der Waals surface area contributed by atoms with Crippen molar-refractivity contribution < 1.29 is 9.66 Å². The quantitative estimate of drug-likeness (QED) is 0.434. The molecule has 0 bridgehead atoms. The van der Waals surface area contributed by atoms with Gasteiger partial charge in [0.25, 0.3) is 5.69 Å². The third-order valence-corrected chi connectivity index (χ3v) is 3.83. The fourth-order valence-corrected chi connectivity index (χ4v) is 2.40. The highest BCUT2D eigenvalue weighted by molar-refractivity contribution is 9.08. The number of nitro benzene ring substituents is 1. The Morgan fingerprint density at radius 2 is 1.81 bits per heavy atom. The first-order chi connectivity index (χ1) is 10.1. The van der Waals surface area contributed by atoms with Gasteiger partial charge in [-0.2, -0.15) is 0 Å². The fourth-order valence-electron chi connectivity index (χ4n) is 1.96. The van der Waals surface area contributed by atoms with E-state index in [2.05, 4.69) is 35.0 Å². The van der Waals surface area contributed by atoms with Gasteiger partial charge in [-0.25, -0.2) is 0 Å². The molecule has 0 aliphatic carbocycles. The van der Waals surface area contributed by atoms with Crippen LogP contribution in [0.5, 0.6) is 5.75 Å². The number of nitrogens with zero attached hydrogens (tertiary/aromatic N) is 1. The summed E-state index contributed by atoms with van der Waals surface area (Å²) in [6.45, 7) is 2.56. The van der Waals surface area contributed by atoms with Crippen molar-refractivity contribution in [3.63, 3.8) is 0 Å². The van der Waals surface area contributed by atoms with Gasteiger partial charge in [0.2, 0.25) is 0 Å². The van der Waals surface area contributed by atoms with Crippen LogP contribution in [0.2, 0.25) is 0 Å². The molecule has 0 heterocycles. The smallest absolute Gasteiger partial charge is 0.270 e. The van der Waals surface area contributed by atoms with E-state index in [1.807, 2.05) is 12.1 Å². The lowest BCUT2D eigenvalue weighted by atomic mass is 10.1. The van der Waals surface area contributed by atoms with Gasteiger partial charge in [-0.05, 0) is 23.6 Å². The second kappa shape index (κ2) is 7.22. The summed E-state index contributed by atoms with van der Waals surface area (Å²) in [7, 11) is 0. The van der Waals surface area contributed by atoms with E-state index in [1.165, 1.54) is 17.7 Å². The topological polar surface area (TPSA) is 52.4 Å². The number of ether oxygens (including phenoxy) is 1. The van der Waals surface area contributed by atoms with Crippen molar-refractivity contribution in [1.29, 1.82) is 0 Å². The van der Waals surface area contributed by atoms with Crippen LogP contribution in [-0.4, -0.2) is 4.92 Å². The lowest BCUT2D eigenvalue weighted by Crippen LogP contribution is -1.99. The number of alkyl halides is 1. The zero-order chi connectivity index (χ0) is 15.2. The van der Waals surface area contributed by atoms with E-state index >= 15 is 0 Å². The van der Waals surface area contributed by atoms with Crippen molar-refractivity contribution in [3.05, 3.63) is 69.3 Å². The monoisotopic (exact) mass is 349 g/mol. The Morgan fingerprint density at radius 3 is 2.38 bits per heavy atom. The Hall–Kier alpha value is -1.88. The molecular formula is C16H16BrNO3. The second-order valence-corrected chi connectivity index (χ2v) is 5.20. The average molecular weight is 350 g/mol. The lowest BCUT2D eigenvalue weighted by molar-refractivity contribution is -0.384. The van der Waals surface area contributed by atoms with Crippen molar-refractivity contribution in [2.45, 2.75) is 25.3 Å². The van der Waals surface area contributed by atoms with E-state index < -0.39 is 4.92 Å². The molecule has 0 saturated heterocycles. The molecule has 4 nitrogen and oxygen atoms in total. The summed E-state index contributed by atoms with van der Waals surface area (Å²) in [5.74, 6) is 0.664. The molecule has 2 rings (SSSR count). The number of halogens is 1. The number of nitro groups is 1. The average Bonchev–Trinajstić information content (AvgIpc) is 2.53. The summed E-state index contributed by atoms with van der Waals surface area (Å²) in [6, 6.07) is 12.9. The molecule has 0 aromatic heterocycles. The highest BCUT2D eigenvalue weighted by Gasteiger charge is 2.11. The van der Waals surface area contributed by atoms with Gasteiger partial charge >= 0.3 is 0 Å². The van der Waals surface area contributed by atoms with Gasteiger partial charge in [0, 0.05) is 23.0 Å². The molecule has 21 heavy (non-hydrogen) atoms.